The van der Waals surface area contributed by atoms with Crippen LogP contribution in [0.2, 0.25) is 0 Å². The van der Waals surface area contributed by atoms with Gasteiger partial charge in [0.25, 0.3) is 0 Å². The van der Waals surface area contributed by atoms with Gasteiger partial charge in [-0.25, -0.2) is 0 Å². The molecule has 0 aliphatic heterocycles. The van der Waals surface area contributed by atoms with Crippen LogP contribution in [0.3, 0.4) is 0 Å². The summed E-state index contributed by atoms with van der Waals surface area (Å²) in [6, 6.07) is 16.4. The van der Waals surface area contributed by atoms with Crippen LogP contribution in [0.25, 0.3) is 22.3 Å². The van der Waals surface area contributed by atoms with Gasteiger partial charge in [-0.1, -0.05) is 30.3 Å². The van der Waals surface area contributed by atoms with Gasteiger partial charge in [-0.05, 0) is 25.0 Å². The Bertz CT molecular complexity index is 917. The van der Waals surface area contributed by atoms with E-state index < -0.39 is 0 Å². The number of hydrogen-bond acceptors (Lipinski definition) is 3. The van der Waals surface area contributed by atoms with Crippen molar-refractivity contribution in [2.75, 3.05) is 6.61 Å². The first-order chi connectivity index (χ1) is 11.8. The van der Waals surface area contributed by atoms with Crippen molar-refractivity contribution in [2.24, 2.45) is 0 Å². The average Bonchev–Trinajstić information content (AvgIpc) is 2.62. The van der Waals surface area contributed by atoms with Crippen molar-refractivity contribution in [1.29, 1.82) is 0 Å². The standard InChI is InChI=1S/C21H18O3/c1-2-3-4-8-13-23-17-11-12-18-19(22)15-20(24-21(18)14-17)16-9-6-5-7-10-16/h1,5-7,9-12,14-15H,3-4,8,13H2. The third-order valence-corrected chi connectivity index (χ3v) is 3.74. The maximum Gasteiger partial charge on any atom is 0.193 e. The highest BCUT2D eigenvalue weighted by Crippen LogP contribution is 2.24. The Labute approximate surface area is 140 Å². The summed E-state index contributed by atoms with van der Waals surface area (Å²) in [7, 11) is 0. The van der Waals surface area contributed by atoms with Gasteiger partial charge in [0.05, 0.1) is 12.0 Å². The predicted octanol–water partition coefficient (Wildman–Crippen LogP) is 4.64. The molecule has 1 heterocycles. The lowest BCUT2D eigenvalue weighted by molar-refractivity contribution is 0.307. The van der Waals surface area contributed by atoms with Gasteiger partial charge in [-0.15, -0.1) is 12.3 Å². The summed E-state index contributed by atoms with van der Waals surface area (Å²) < 4.78 is 11.6. The quantitative estimate of drug-likeness (QED) is 0.491. The van der Waals surface area contributed by atoms with Crippen LogP contribution in [0, 0.1) is 12.3 Å². The largest absolute Gasteiger partial charge is 0.493 e. The van der Waals surface area contributed by atoms with Crippen molar-refractivity contribution >= 4 is 11.0 Å². The van der Waals surface area contributed by atoms with Crippen molar-refractivity contribution in [3.05, 3.63) is 64.8 Å². The number of ether oxygens (including phenoxy) is 1. The second kappa shape index (κ2) is 7.52. The summed E-state index contributed by atoms with van der Waals surface area (Å²) in [5, 5.41) is 0.550. The summed E-state index contributed by atoms with van der Waals surface area (Å²) in [6.45, 7) is 0.593. The number of rotatable bonds is 6. The molecule has 0 aliphatic carbocycles. The SMILES string of the molecule is C#CCCCCOc1ccc2c(=O)cc(-c3ccccc3)oc2c1. The molecule has 0 spiro atoms. The van der Waals surface area contributed by atoms with Crippen molar-refractivity contribution in [1.82, 2.24) is 0 Å². The number of benzene rings is 2. The van der Waals surface area contributed by atoms with Crippen molar-refractivity contribution in [2.45, 2.75) is 19.3 Å². The minimum absolute atomic E-state index is 0.0596. The molecule has 0 aliphatic rings. The number of fused-ring (bicyclic) bond motifs is 1. The Morgan fingerprint density at radius 3 is 2.67 bits per heavy atom. The average molecular weight is 318 g/mol. The van der Waals surface area contributed by atoms with Crippen LogP contribution in [0.15, 0.2) is 63.8 Å². The highest BCUT2D eigenvalue weighted by Gasteiger charge is 2.08. The summed E-state index contributed by atoms with van der Waals surface area (Å²) in [4.78, 5) is 12.3. The molecule has 3 rings (SSSR count). The second-order valence-electron chi connectivity index (χ2n) is 5.51. The first kappa shape index (κ1) is 15.9. The lowest BCUT2D eigenvalue weighted by atomic mass is 10.1. The van der Waals surface area contributed by atoms with Gasteiger partial charge in [0.1, 0.15) is 17.1 Å². The van der Waals surface area contributed by atoms with E-state index in [1.54, 1.807) is 18.2 Å². The third kappa shape index (κ3) is 3.67. The van der Waals surface area contributed by atoms with E-state index in [1.807, 2.05) is 30.3 Å². The molecule has 0 unspecified atom stereocenters. The lowest BCUT2D eigenvalue weighted by Crippen LogP contribution is -2.01. The fraction of sp³-hybridized carbons (Fsp3) is 0.190. The fourth-order valence-corrected chi connectivity index (χ4v) is 2.49. The van der Waals surface area contributed by atoms with E-state index in [1.165, 1.54) is 6.07 Å². The zero-order chi connectivity index (χ0) is 16.8. The first-order valence-electron chi connectivity index (χ1n) is 7.97. The summed E-state index contributed by atoms with van der Waals surface area (Å²) >= 11 is 0. The molecule has 0 radical (unpaired) electrons. The predicted molar refractivity (Wildman–Crippen MR) is 96.1 cm³/mol. The smallest absolute Gasteiger partial charge is 0.193 e. The summed E-state index contributed by atoms with van der Waals surface area (Å²) in [6.07, 6.45) is 7.83. The Morgan fingerprint density at radius 2 is 1.88 bits per heavy atom. The van der Waals surface area contributed by atoms with E-state index in [-0.39, 0.29) is 5.43 Å². The van der Waals surface area contributed by atoms with Gasteiger partial charge >= 0.3 is 0 Å². The van der Waals surface area contributed by atoms with Crippen LogP contribution in [0.4, 0.5) is 0 Å². The molecule has 0 amide bonds. The Kier molecular flexibility index (Phi) is 4.98. The highest BCUT2D eigenvalue weighted by molar-refractivity contribution is 5.80. The van der Waals surface area contributed by atoms with E-state index in [2.05, 4.69) is 5.92 Å². The molecule has 0 N–H and O–H groups in total. The second-order valence-corrected chi connectivity index (χ2v) is 5.51. The molecule has 3 aromatic rings. The highest BCUT2D eigenvalue weighted by atomic mass is 16.5. The molecule has 1 aromatic heterocycles. The molecule has 0 saturated carbocycles. The van der Waals surface area contributed by atoms with Crippen LogP contribution in [-0.4, -0.2) is 6.61 Å². The van der Waals surface area contributed by atoms with E-state index in [4.69, 9.17) is 15.6 Å². The fourth-order valence-electron chi connectivity index (χ4n) is 2.49. The minimum atomic E-state index is -0.0596. The number of unbranched alkanes of at least 4 members (excludes halogenated alkanes) is 2. The van der Waals surface area contributed by atoms with Crippen molar-refractivity contribution in [3.8, 4) is 29.4 Å². The van der Waals surface area contributed by atoms with Crippen LogP contribution >= 0.6 is 0 Å². The van der Waals surface area contributed by atoms with Gasteiger partial charge in [0.2, 0.25) is 0 Å². The molecule has 0 saturated heterocycles. The monoisotopic (exact) mass is 318 g/mol. The lowest BCUT2D eigenvalue weighted by Gasteiger charge is -2.07. The Balaban J connectivity index is 1.85. The summed E-state index contributed by atoms with van der Waals surface area (Å²) in [5.41, 5.74) is 1.34. The van der Waals surface area contributed by atoms with E-state index >= 15 is 0 Å². The molecule has 0 atom stereocenters. The van der Waals surface area contributed by atoms with E-state index in [0.717, 1.165) is 24.8 Å². The molecular weight excluding hydrogens is 300 g/mol. The third-order valence-electron chi connectivity index (χ3n) is 3.74. The topological polar surface area (TPSA) is 39.4 Å². The Hall–Kier alpha value is -2.99. The van der Waals surface area contributed by atoms with Crippen molar-refractivity contribution < 1.29 is 9.15 Å². The van der Waals surface area contributed by atoms with E-state index in [9.17, 15) is 4.79 Å². The number of hydrogen-bond donors (Lipinski definition) is 0. The molecular formula is C21H18O3. The van der Waals surface area contributed by atoms with Gasteiger partial charge in [-0.2, -0.15) is 0 Å². The molecule has 0 bridgehead atoms. The molecule has 3 nitrogen and oxygen atoms in total. The molecule has 3 heteroatoms. The summed E-state index contributed by atoms with van der Waals surface area (Å²) in [5.74, 6) is 3.86. The van der Waals surface area contributed by atoms with Gasteiger partial charge in [0, 0.05) is 24.1 Å². The Morgan fingerprint density at radius 1 is 1.04 bits per heavy atom. The normalized spacial score (nSPS) is 10.5. The zero-order valence-corrected chi connectivity index (χ0v) is 13.3. The first-order valence-corrected chi connectivity index (χ1v) is 7.97. The van der Waals surface area contributed by atoms with Gasteiger partial charge in [-0.3, -0.25) is 4.79 Å². The van der Waals surface area contributed by atoms with Gasteiger partial charge < -0.3 is 9.15 Å². The van der Waals surface area contributed by atoms with Crippen LogP contribution < -0.4 is 10.2 Å². The molecule has 24 heavy (non-hydrogen) atoms. The van der Waals surface area contributed by atoms with Crippen molar-refractivity contribution in [3.63, 3.8) is 0 Å². The zero-order valence-electron chi connectivity index (χ0n) is 13.3. The maximum absolute atomic E-state index is 12.3. The maximum atomic E-state index is 12.3. The van der Waals surface area contributed by atoms with Crippen LogP contribution in [-0.2, 0) is 0 Å². The van der Waals surface area contributed by atoms with E-state index in [0.29, 0.717) is 29.1 Å². The van der Waals surface area contributed by atoms with Crippen LogP contribution in [0.1, 0.15) is 19.3 Å². The molecule has 2 aromatic carbocycles. The molecule has 120 valence electrons. The molecule has 0 fully saturated rings. The van der Waals surface area contributed by atoms with Gasteiger partial charge in [0.15, 0.2) is 5.43 Å². The minimum Gasteiger partial charge on any atom is -0.493 e. The van der Waals surface area contributed by atoms with Crippen LogP contribution in [0.5, 0.6) is 5.75 Å². The number of terminal acetylenes is 1.